The maximum atomic E-state index is 5.91. The van der Waals surface area contributed by atoms with Gasteiger partial charge in [0.2, 0.25) is 11.9 Å². The molecule has 5 nitrogen and oxygen atoms in total. The Bertz CT molecular complexity index is 467. The summed E-state index contributed by atoms with van der Waals surface area (Å²) in [5.41, 5.74) is 12.2. The van der Waals surface area contributed by atoms with Gasteiger partial charge in [-0.15, -0.1) is 12.4 Å². The molecule has 98 valence electrons. The Kier molecular flexibility index (Phi) is 4.19. The van der Waals surface area contributed by atoms with Crippen LogP contribution in [0.1, 0.15) is 19.4 Å². The molecule has 0 spiro atoms. The number of hydrogen-bond donors (Lipinski definition) is 2. The molecular weight excluding hydrogens is 250 g/mol. The van der Waals surface area contributed by atoms with Crippen molar-refractivity contribution in [2.75, 3.05) is 0 Å². The third-order valence-corrected chi connectivity index (χ3v) is 2.74. The SMILES string of the molecule is CC1(C)N=C(N)N=C(N)N1Cc1ccccc1.Cl. The molecule has 1 aromatic carbocycles. The van der Waals surface area contributed by atoms with Crippen molar-refractivity contribution in [3.63, 3.8) is 0 Å². The molecule has 0 atom stereocenters. The van der Waals surface area contributed by atoms with Crippen LogP contribution in [0.4, 0.5) is 0 Å². The van der Waals surface area contributed by atoms with Crippen molar-refractivity contribution in [1.29, 1.82) is 0 Å². The summed E-state index contributed by atoms with van der Waals surface area (Å²) in [7, 11) is 0. The van der Waals surface area contributed by atoms with Gasteiger partial charge >= 0.3 is 0 Å². The van der Waals surface area contributed by atoms with Crippen LogP contribution in [0.3, 0.4) is 0 Å². The zero-order valence-corrected chi connectivity index (χ0v) is 11.3. The van der Waals surface area contributed by atoms with Crippen molar-refractivity contribution in [3.05, 3.63) is 35.9 Å². The van der Waals surface area contributed by atoms with E-state index in [1.807, 2.05) is 49.1 Å². The summed E-state index contributed by atoms with van der Waals surface area (Å²) in [4.78, 5) is 10.2. The lowest BCUT2D eigenvalue weighted by Gasteiger charge is -2.38. The van der Waals surface area contributed by atoms with E-state index in [1.165, 1.54) is 0 Å². The normalized spacial score (nSPS) is 17.6. The van der Waals surface area contributed by atoms with Crippen LogP contribution in [-0.2, 0) is 6.54 Å². The minimum absolute atomic E-state index is 0. The predicted molar refractivity (Wildman–Crippen MR) is 76.6 cm³/mol. The van der Waals surface area contributed by atoms with Gasteiger partial charge in [-0.05, 0) is 19.4 Å². The minimum Gasteiger partial charge on any atom is -0.369 e. The van der Waals surface area contributed by atoms with Gasteiger partial charge in [-0.25, -0.2) is 4.99 Å². The highest BCUT2D eigenvalue weighted by molar-refractivity contribution is 5.95. The number of benzene rings is 1. The average molecular weight is 268 g/mol. The largest absolute Gasteiger partial charge is 0.369 e. The smallest absolute Gasteiger partial charge is 0.220 e. The maximum Gasteiger partial charge on any atom is 0.220 e. The lowest BCUT2D eigenvalue weighted by molar-refractivity contribution is 0.210. The second-order valence-corrected chi connectivity index (χ2v) is 4.51. The Morgan fingerprint density at radius 3 is 2.33 bits per heavy atom. The van der Waals surface area contributed by atoms with Gasteiger partial charge < -0.3 is 16.4 Å². The third-order valence-electron chi connectivity index (χ3n) is 2.74. The molecule has 6 heteroatoms. The van der Waals surface area contributed by atoms with E-state index in [0.717, 1.165) is 5.56 Å². The summed E-state index contributed by atoms with van der Waals surface area (Å²) in [5, 5.41) is 0. The zero-order chi connectivity index (χ0) is 12.5. The standard InChI is InChI=1S/C12H17N5.ClH/c1-12(2)16-10(13)15-11(14)17(12)8-9-6-4-3-5-7-9;/h3-7H,8H2,1-2H3,(H4,13,14,15,16);1H. The summed E-state index contributed by atoms with van der Waals surface area (Å²) in [5.74, 6) is 0.642. The third kappa shape index (κ3) is 2.92. The second-order valence-electron chi connectivity index (χ2n) is 4.51. The number of guanidine groups is 2. The lowest BCUT2D eigenvalue weighted by Crippen LogP contribution is -2.53. The number of rotatable bonds is 2. The van der Waals surface area contributed by atoms with E-state index in [1.54, 1.807) is 0 Å². The molecule has 2 rings (SSSR count). The van der Waals surface area contributed by atoms with E-state index < -0.39 is 5.66 Å². The van der Waals surface area contributed by atoms with Crippen LogP contribution >= 0.6 is 12.4 Å². The Morgan fingerprint density at radius 1 is 1.17 bits per heavy atom. The highest BCUT2D eigenvalue weighted by Crippen LogP contribution is 2.21. The zero-order valence-electron chi connectivity index (χ0n) is 10.5. The fourth-order valence-electron chi connectivity index (χ4n) is 1.86. The van der Waals surface area contributed by atoms with Crippen LogP contribution in [-0.4, -0.2) is 22.5 Å². The maximum absolute atomic E-state index is 5.91. The Hall–Kier alpha value is -1.75. The van der Waals surface area contributed by atoms with Gasteiger partial charge in [-0.3, -0.25) is 0 Å². The summed E-state index contributed by atoms with van der Waals surface area (Å²) < 4.78 is 0. The van der Waals surface area contributed by atoms with Crippen LogP contribution < -0.4 is 11.5 Å². The fraction of sp³-hybridized carbons (Fsp3) is 0.333. The molecule has 1 aliphatic rings. The molecule has 0 aliphatic carbocycles. The Labute approximate surface area is 113 Å². The van der Waals surface area contributed by atoms with Crippen molar-refractivity contribution >= 4 is 24.3 Å². The van der Waals surface area contributed by atoms with Crippen molar-refractivity contribution in [2.24, 2.45) is 21.5 Å². The molecule has 0 fully saturated rings. The Morgan fingerprint density at radius 2 is 1.78 bits per heavy atom. The lowest BCUT2D eigenvalue weighted by atomic mass is 10.1. The number of halogens is 1. The number of aliphatic imine (C=N–C) groups is 2. The quantitative estimate of drug-likeness (QED) is 0.847. The van der Waals surface area contributed by atoms with E-state index in [9.17, 15) is 0 Å². The van der Waals surface area contributed by atoms with Gasteiger partial charge in [-0.2, -0.15) is 4.99 Å². The van der Waals surface area contributed by atoms with Crippen LogP contribution in [0, 0.1) is 0 Å². The Balaban J connectivity index is 0.00000162. The van der Waals surface area contributed by atoms with Gasteiger partial charge in [-0.1, -0.05) is 30.3 Å². The summed E-state index contributed by atoms with van der Waals surface area (Å²) in [6, 6.07) is 10.1. The van der Waals surface area contributed by atoms with E-state index >= 15 is 0 Å². The number of nitrogens with two attached hydrogens (primary N) is 2. The van der Waals surface area contributed by atoms with Gasteiger partial charge in [0, 0.05) is 6.54 Å². The van der Waals surface area contributed by atoms with Crippen LogP contribution in [0.25, 0.3) is 0 Å². The van der Waals surface area contributed by atoms with E-state index in [-0.39, 0.29) is 18.4 Å². The summed E-state index contributed by atoms with van der Waals surface area (Å²) in [6.45, 7) is 4.59. The van der Waals surface area contributed by atoms with E-state index in [4.69, 9.17) is 11.5 Å². The molecule has 0 aromatic heterocycles. The van der Waals surface area contributed by atoms with Crippen molar-refractivity contribution in [2.45, 2.75) is 26.1 Å². The average Bonchev–Trinajstić information content (AvgIpc) is 2.24. The topological polar surface area (TPSA) is 80.0 Å². The molecule has 0 saturated heterocycles. The molecule has 0 amide bonds. The summed E-state index contributed by atoms with van der Waals surface area (Å²) in [6.07, 6.45) is 0. The van der Waals surface area contributed by atoms with E-state index in [2.05, 4.69) is 9.98 Å². The van der Waals surface area contributed by atoms with Gasteiger partial charge in [0.15, 0.2) is 0 Å². The first-order valence-corrected chi connectivity index (χ1v) is 5.50. The van der Waals surface area contributed by atoms with Crippen molar-refractivity contribution in [3.8, 4) is 0 Å². The highest BCUT2D eigenvalue weighted by atomic mass is 35.5. The van der Waals surface area contributed by atoms with E-state index in [0.29, 0.717) is 12.5 Å². The van der Waals surface area contributed by atoms with Crippen molar-refractivity contribution < 1.29 is 0 Å². The fourth-order valence-corrected chi connectivity index (χ4v) is 1.86. The first-order chi connectivity index (χ1) is 7.99. The highest BCUT2D eigenvalue weighted by Gasteiger charge is 2.31. The number of hydrogen-bond acceptors (Lipinski definition) is 5. The van der Waals surface area contributed by atoms with Crippen LogP contribution in [0.15, 0.2) is 40.3 Å². The molecule has 1 heterocycles. The molecule has 18 heavy (non-hydrogen) atoms. The molecular formula is C12H18ClN5. The first kappa shape index (κ1) is 14.3. The van der Waals surface area contributed by atoms with Crippen LogP contribution in [0.2, 0.25) is 0 Å². The molecule has 1 aliphatic heterocycles. The monoisotopic (exact) mass is 267 g/mol. The molecule has 0 bridgehead atoms. The predicted octanol–water partition coefficient (Wildman–Crippen LogP) is 1.29. The number of nitrogens with zero attached hydrogens (tertiary/aromatic N) is 3. The molecule has 0 unspecified atom stereocenters. The molecule has 0 saturated carbocycles. The minimum atomic E-state index is -0.467. The molecule has 4 N–H and O–H groups in total. The summed E-state index contributed by atoms with van der Waals surface area (Å²) >= 11 is 0. The van der Waals surface area contributed by atoms with Gasteiger partial charge in [0.25, 0.3) is 0 Å². The van der Waals surface area contributed by atoms with Gasteiger partial charge in [0.1, 0.15) is 5.66 Å². The molecule has 0 radical (unpaired) electrons. The van der Waals surface area contributed by atoms with Crippen LogP contribution in [0.5, 0.6) is 0 Å². The van der Waals surface area contributed by atoms with Gasteiger partial charge in [0.05, 0.1) is 0 Å². The van der Waals surface area contributed by atoms with Crippen molar-refractivity contribution in [1.82, 2.24) is 4.90 Å². The second kappa shape index (κ2) is 5.27. The molecule has 1 aromatic rings. The first-order valence-electron chi connectivity index (χ1n) is 5.50.